The van der Waals surface area contributed by atoms with Crippen molar-refractivity contribution in [3.05, 3.63) is 53.3 Å². The predicted octanol–water partition coefficient (Wildman–Crippen LogP) is 2.54. The lowest BCUT2D eigenvalue weighted by atomic mass is 10.1. The molecule has 0 atom stereocenters. The number of nitrogens with one attached hydrogen (secondary N) is 1. The van der Waals surface area contributed by atoms with Gasteiger partial charge in [0.05, 0.1) is 6.20 Å². The van der Waals surface area contributed by atoms with Crippen LogP contribution in [0.25, 0.3) is 0 Å². The van der Waals surface area contributed by atoms with Crippen LogP contribution >= 0.6 is 0 Å². The summed E-state index contributed by atoms with van der Waals surface area (Å²) in [6, 6.07) is 10.6. The summed E-state index contributed by atoms with van der Waals surface area (Å²) < 4.78 is 2.11. The van der Waals surface area contributed by atoms with Crippen LogP contribution in [0.15, 0.2) is 36.5 Å². The van der Waals surface area contributed by atoms with E-state index in [2.05, 4.69) is 52.4 Å². The lowest BCUT2D eigenvalue weighted by molar-refractivity contribution is 0.564. The molecule has 0 bridgehead atoms. The van der Waals surface area contributed by atoms with Crippen molar-refractivity contribution in [1.29, 1.82) is 0 Å². The molecule has 0 amide bonds. The van der Waals surface area contributed by atoms with Gasteiger partial charge in [0.15, 0.2) is 0 Å². The highest BCUT2D eigenvalue weighted by Gasteiger charge is 2.04. The van der Waals surface area contributed by atoms with Gasteiger partial charge in [0.1, 0.15) is 0 Å². The maximum absolute atomic E-state index is 4.44. The highest BCUT2D eigenvalue weighted by molar-refractivity contribution is 5.16. The molecule has 0 saturated heterocycles. The topological polar surface area (TPSA) is 29.9 Å². The smallest absolute Gasteiger partial charge is 0.0537 e. The van der Waals surface area contributed by atoms with Crippen molar-refractivity contribution < 1.29 is 0 Å². The first-order valence-electron chi connectivity index (χ1n) is 6.51. The van der Waals surface area contributed by atoms with Crippen molar-refractivity contribution in [2.24, 2.45) is 0 Å². The Kier molecular flexibility index (Phi) is 4.53. The normalized spacial score (nSPS) is 10.8. The molecule has 1 N–H and O–H groups in total. The average molecular weight is 243 g/mol. The first kappa shape index (κ1) is 12.8. The Bertz CT molecular complexity index is 474. The summed E-state index contributed by atoms with van der Waals surface area (Å²) >= 11 is 0. The van der Waals surface area contributed by atoms with Crippen LogP contribution in [-0.4, -0.2) is 16.8 Å². The summed E-state index contributed by atoms with van der Waals surface area (Å²) in [5, 5.41) is 7.61. The van der Waals surface area contributed by atoms with Crippen LogP contribution in [0.3, 0.4) is 0 Å². The summed E-state index contributed by atoms with van der Waals surface area (Å²) in [5.41, 5.74) is 3.97. The molecule has 96 valence electrons. The van der Waals surface area contributed by atoms with E-state index in [1.165, 1.54) is 16.8 Å². The third kappa shape index (κ3) is 3.20. The molecule has 2 rings (SSSR count). The van der Waals surface area contributed by atoms with Crippen LogP contribution in [-0.2, 0) is 19.5 Å². The van der Waals surface area contributed by atoms with Gasteiger partial charge in [-0.2, -0.15) is 5.10 Å². The van der Waals surface area contributed by atoms with Gasteiger partial charge in [0.2, 0.25) is 0 Å². The lowest BCUT2D eigenvalue weighted by Gasteiger charge is -2.06. The maximum atomic E-state index is 4.44. The van der Waals surface area contributed by atoms with E-state index in [1.807, 2.05) is 13.2 Å². The molecule has 0 aliphatic rings. The van der Waals surface area contributed by atoms with E-state index in [9.17, 15) is 0 Å². The van der Waals surface area contributed by atoms with Gasteiger partial charge in [-0.15, -0.1) is 0 Å². The zero-order valence-electron chi connectivity index (χ0n) is 11.2. The highest BCUT2D eigenvalue weighted by Crippen LogP contribution is 2.09. The van der Waals surface area contributed by atoms with Crippen LogP contribution in [0.1, 0.15) is 23.2 Å². The molecule has 18 heavy (non-hydrogen) atoms. The fraction of sp³-hybridized carbons (Fsp3) is 0.400. The number of hydrogen-bond donors (Lipinski definition) is 1. The number of rotatable bonds is 6. The first-order valence-corrected chi connectivity index (χ1v) is 6.51. The molecule has 0 unspecified atom stereocenters. The minimum Gasteiger partial charge on any atom is -0.316 e. The van der Waals surface area contributed by atoms with Crippen molar-refractivity contribution in [2.75, 3.05) is 7.05 Å². The Morgan fingerprint density at radius 3 is 2.72 bits per heavy atom. The van der Waals surface area contributed by atoms with Crippen LogP contribution in [0, 0.1) is 6.92 Å². The van der Waals surface area contributed by atoms with E-state index < -0.39 is 0 Å². The first-order chi connectivity index (χ1) is 8.81. The maximum Gasteiger partial charge on any atom is 0.0537 e. The number of nitrogens with zero attached hydrogens (tertiary/aromatic N) is 2. The Labute approximate surface area is 109 Å². The molecule has 0 radical (unpaired) electrons. The Morgan fingerprint density at radius 2 is 2.00 bits per heavy atom. The van der Waals surface area contributed by atoms with Gasteiger partial charge in [-0.05, 0) is 32.4 Å². The molecule has 0 saturated carbocycles. The Balaban J connectivity index is 1.87. The van der Waals surface area contributed by atoms with Crippen LogP contribution in [0.2, 0.25) is 0 Å². The number of benzene rings is 1. The van der Waals surface area contributed by atoms with E-state index in [4.69, 9.17) is 0 Å². The van der Waals surface area contributed by atoms with Gasteiger partial charge >= 0.3 is 0 Å². The number of aromatic nitrogens is 2. The second-order valence-corrected chi connectivity index (χ2v) is 4.60. The molecule has 0 aliphatic heterocycles. The average Bonchev–Trinajstić information content (AvgIpc) is 2.73. The predicted molar refractivity (Wildman–Crippen MR) is 74.5 cm³/mol. The minimum absolute atomic E-state index is 0.893. The summed E-state index contributed by atoms with van der Waals surface area (Å²) in [7, 11) is 1.96. The third-order valence-electron chi connectivity index (χ3n) is 3.25. The van der Waals surface area contributed by atoms with Crippen molar-refractivity contribution in [3.63, 3.8) is 0 Å². The van der Waals surface area contributed by atoms with Crippen LogP contribution in [0.4, 0.5) is 0 Å². The molecule has 1 aromatic heterocycles. The zero-order valence-corrected chi connectivity index (χ0v) is 11.2. The van der Waals surface area contributed by atoms with Gasteiger partial charge in [0.25, 0.3) is 0 Å². The summed E-state index contributed by atoms with van der Waals surface area (Å²) in [5.74, 6) is 0. The molecule has 0 spiro atoms. The van der Waals surface area contributed by atoms with Crippen molar-refractivity contribution in [2.45, 2.75) is 32.9 Å². The van der Waals surface area contributed by atoms with Gasteiger partial charge < -0.3 is 5.32 Å². The molecule has 1 heterocycles. The second-order valence-electron chi connectivity index (χ2n) is 4.60. The number of aryl methyl sites for hydroxylation is 2. The van der Waals surface area contributed by atoms with E-state index in [1.54, 1.807) is 0 Å². The van der Waals surface area contributed by atoms with E-state index in [0.717, 1.165) is 25.9 Å². The molecule has 3 heteroatoms. The van der Waals surface area contributed by atoms with Gasteiger partial charge in [0, 0.05) is 24.3 Å². The quantitative estimate of drug-likeness (QED) is 0.845. The second kappa shape index (κ2) is 6.36. The largest absolute Gasteiger partial charge is 0.316 e. The van der Waals surface area contributed by atoms with Crippen molar-refractivity contribution in [1.82, 2.24) is 15.1 Å². The monoisotopic (exact) mass is 243 g/mol. The molecular weight excluding hydrogens is 222 g/mol. The van der Waals surface area contributed by atoms with Gasteiger partial charge in [-0.25, -0.2) is 0 Å². The molecule has 0 fully saturated rings. The Hall–Kier alpha value is -1.61. The third-order valence-corrected chi connectivity index (χ3v) is 3.25. The van der Waals surface area contributed by atoms with E-state index in [-0.39, 0.29) is 0 Å². The molecule has 0 aliphatic carbocycles. The zero-order chi connectivity index (χ0) is 12.8. The molecule has 1 aromatic carbocycles. The van der Waals surface area contributed by atoms with Crippen LogP contribution < -0.4 is 5.32 Å². The number of hydrogen-bond acceptors (Lipinski definition) is 2. The standard InChI is InChI=1S/C15H21N3/c1-13-15(11-16-2)12-17-18(13)10-6-9-14-7-4-3-5-8-14/h3-5,7-8,12,16H,6,9-11H2,1-2H3. The fourth-order valence-corrected chi connectivity index (χ4v) is 2.15. The van der Waals surface area contributed by atoms with Crippen molar-refractivity contribution >= 4 is 0 Å². The summed E-state index contributed by atoms with van der Waals surface area (Å²) in [6.45, 7) is 4.02. The summed E-state index contributed by atoms with van der Waals surface area (Å²) in [4.78, 5) is 0. The van der Waals surface area contributed by atoms with Crippen molar-refractivity contribution in [3.8, 4) is 0 Å². The Morgan fingerprint density at radius 1 is 1.22 bits per heavy atom. The molecule has 2 aromatic rings. The SMILES string of the molecule is CNCc1cnn(CCCc2ccccc2)c1C. The van der Waals surface area contributed by atoms with E-state index in [0.29, 0.717) is 0 Å². The van der Waals surface area contributed by atoms with E-state index >= 15 is 0 Å². The molecular formula is C15H21N3. The molecule has 3 nitrogen and oxygen atoms in total. The minimum atomic E-state index is 0.893. The highest BCUT2D eigenvalue weighted by atomic mass is 15.3. The summed E-state index contributed by atoms with van der Waals surface area (Å²) in [6.07, 6.45) is 4.21. The van der Waals surface area contributed by atoms with Gasteiger partial charge in [-0.1, -0.05) is 30.3 Å². The van der Waals surface area contributed by atoms with Crippen LogP contribution in [0.5, 0.6) is 0 Å². The lowest BCUT2D eigenvalue weighted by Crippen LogP contribution is -2.08. The van der Waals surface area contributed by atoms with Gasteiger partial charge in [-0.3, -0.25) is 4.68 Å². The fourth-order valence-electron chi connectivity index (χ4n) is 2.15.